The largest absolute Gasteiger partial charge is 0.310 e. The molecule has 1 aliphatic rings. The quantitative estimate of drug-likeness (QED) is 0.611. The fraction of sp³-hybridized carbons (Fsp3) is 0.800. The minimum Gasteiger partial charge on any atom is -0.310 e. The molecule has 0 heterocycles. The fourth-order valence-electron chi connectivity index (χ4n) is 1.45. The highest BCUT2D eigenvalue weighted by Gasteiger charge is 2.31. The predicted octanol–water partition coefficient (Wildman–Crippen LogP) is 2.34. The molecule has 0 amide bonds. The topological polar surface area (TPSA) is 12.0 Å². The van der Waals surface area contributed by atoms with E-state index in [1.165, 1.54) is 19.3 Å². The van der Waals surface area contributed by atoms with Crippen LogP contribution in [0, 0.1) is 5.41 Å². The molecule has 0 aromatic heterocycles. The molecule has 0 aliphatic heterocycles. The van der Waals surface area contributed by atoms with Crippen molar-refractivity contribution < 1.29 is 0 Å². The summed E-state index contributed by atoms with van der Waals surface area (Å²) in [5.74, 6) is 0. The summed E-state index contributed by atoms with van der Waals surface area (Å²) in [4.78, 5) is 0. The molecule has 1 fully saturated rings. The highest BCUT2D eigenvalue weighted by Crippen LogP contribution is 2.39. The molecular formula is C10H19N. The molecule has 64 valence electrons. The van der Waals surface area contributed by atoms with E-state index >= 15 is 0 Å². The molecule has 0 saturated heterocycles. The highest BCUT2D eigenvalue weighted by molar-refractivity contribution is 4.89. The van der Waals surface area contributed by atoms with Gasteiger partial charge in [0.05, 0.1) is 0 Å². The van der Waals surface area contributed by atoms with Crippen molar-refractivity contribution in [2.45, 2.75) is 39.2 Å². The van der Waals surface area contributed by atoms with Crippen molar-refractivity contribution in [3.05, 3.63) is 12.7 Å². The Morgan fingerprint density at radius 1 is 1.64 bits per heavy atom. The average Bonchev–Trinajstić information content (AvgIpc) is 1.96. The number of hydrogen-bond acceptors (Lipinski definition) is 1. The number of hydrogen-bond donors (Lipinski definition) is 1. The standard InChI is InChI=1S/C10H19N/c1-4-9(2)11-8-10(3)6-5-7-10/h4,9,11H,1,5-8H2,2-3H3. The van der Waals surface area contributed by atoms with E-state index in [2.05, 4.69) is 25.7 Å². The van der Waals surface area contributed by atoms with Crippen LogP contribution >= 0.6 is 0 Å². The zero-order valence-electron chi connectivity index (χ0n) is 7.69. The molecule has 1 N–H and O–H groups in total. The van der Waals surface area contributed by atoms with Gasteiger partial charge in [-0.3, -0.25) is 0 Å². The zero-order valence-corrected chi connectivity index (χ0v) is 7.69. The van der Waals surface area contributed by atoms with Gasteiger partial charge in [-0.25, -0.2) is 0 Å². The third kappa shape index (κ3) is 2.33. The molecule has 1 saturated carbocycles. The highest BCUT2D eigenvalue weighted by atomic mass is 14.9. The van der Waals surface area contributed by atoms with E-state index in [1.54, 1.807) is 0 Å². The van der Waals surface area contributed by atoms with Gasteiger partial charge in [0.1, 0.15) is 0 Å². The van der Waals surface area contributed by atoms with Gasteiger partial charge >= 0.3 is 0 Å². The van der Waals surface area contributed by atoms with E-state index in [0.29, 0.717) is 11.5 Å². The zero-order chi connectivity index (χ0) is 8.32. The van der Waals surface area contributed by atoms with Gasteiger partial charge in [-0.2, -0.15) is 0 Å². The van der Waals surface area contributed by atoms with Gasteiger partial charge in [0.25, 0.3) is 0 Å². The molecule has 0 bridgehead atoms. The van der Waals surface area contributed by atoms with Crippen LogP contribution < -0.4 is 5.32 Å². The minimum absolute atomic E-state index is 0.465. The third-order valence-electron chi connectivity index (χ3n) is 2.77. The Balaban J connectivity index is 2.15. The molecule has 1 unspecified atom stereocenters. The summed E-state index contributed by atoms with van der Waals surface area (Å²) < 4.78 is 0. The summed E-state index contributed by atoms with van der Waals surface area (Å²) in [5, 5.41) is 3.46. The summed E-state index contributed by atoms with van der Waals surface area (Å²) in [7, 11) is 0. The maximum absolute atomic E-state index is 3.74. The van der Waals surface area contributed by atoms with Crippen molar-refractivity contribution in [1.82, 2.24) is 5.32 Å². The predicted molar refractivity (Wildman–Crippen MR) is 49.6 cm³/mol. The van der Waals surface area contributed by atoms with Crippen molar-refractivity contribution >= 4 is 0 Å². The van der Waals surface area contributed by atoms with Crippen LogP contribution in [0.15, 0.2) is 12.7 Å². The average molecular weight is 153 g/mol. The van der Waals surface area contributed by atoms with E-state index in [4.69, 9.17) is 0 Å². The number of nitrogens with one attached hydrogen (secondary N) is 1. The van der Waals surface area contributed by atoms with Gasteiger partial charge in [0, 0.05) is 12.6 Å². The smallest absolute Gasteiger partial charge is 0.0219 e. The van der Waals surface area contributed by atoms with Gasteiger partial charge in [-0.1, -0.05) is 19.4 Å². The van der Waals surface area contributed by atoms with Crippen LogP contribution in [0.25, 0.3) is 0 Å². The molecule has 1 heteroatoms. The Bertz CT molecular complexity index is 136. The molecule has 1 atom stereocenters. The lowest BCUT2D eigenvalue weighted by atomic mass is 9.70. The van der Waals surface area contributed by atoms with Crippen LogP contribution in [0.5, 0.6) is 0 Å². The van der Waals surface area contributed by atoms with Crippen LogP contribution in [0.2, 0.25) is 0 Å². The summed E-state index contributed by atoms with van der Waals surface area (Å²) in [6.45, 7) is 9.40. The molecule has 0 spiro atoms. The van der Waals surface area contributed by atoms with Gasteiger partial charge in [0.2, 0.25) is 0 Å². The lowest BCUT2D eigenvalue weighted by Crippen LogP contribution is -2.40. The molecule has 11 heavy (non-hydrogen) atoms. The number of rotatable bonds is 4. The molecule has 1 nitrogen and oxygen atoms in total. The molecular weight excluding hydrogens is 134 g/mol. The molecule has 0 aromatic rings. The normalized spacial score (nSPS) is 23.8. The van der Waals surface area contributed by atoms with Gasteiger partial charge < -0.3 is 5.32 Å². The van der Waals surface area contributed by atoms with Crippen molar-refractivity contribution in [3.63, 3.8) is 0 Å². The summed E-state index contributed by atoms with van der Waals surface area (Å²) in [6, 6.07) is 0.465. The van der Waals surface area contributed by atoms with Crippen molar-refractivity contribution in [3.8, 4) is 0 Å². The van der Waals surface area contributed by atoms with Crippen molar-refractivity contribution in [2.24, 2.45) is 5.41 Å². The van der Waals surface area contributed by atoms with Gasteiger partial charge in [-0.15, -0.1) is 6.58 Å². The lowest BCUT2D eigenvalue weighted by Gasteiger charge is -2.39. The first kappa shape index (κ1) is 8.79. The van der Waals surface area contributed by atoms with E-state index in [0.717, 1.165) is 6.54 Å². The SMILES string of the molecule is C=CC(C)NCC1(C)CCC1. The summed E-state index contributed by atoms with van der Waals surface area (Å²) in [5.41, 5.74) is 0.595. The van der Waals surface area contributed by atoms with E-state index < -0.39 is 0 Å². The van der Waals surface area contributed by atoms with E-state index in [9.17, 15) is 0 Å². The van der Waals surface area contributed by atoms with Crippen molar-refractivity contribution in [2.75, 3.05) is 6.54 Å². The Hall–Kier alpha value is -0.300. The minimum atomic E-state index is 0.465. The molecule has 0 radical (unpaired) electrons. The van der Waals surface area contributed by atoms with Crippen LogP contribution in [0.4, 0.5) is 0 Å². The monoisotopic (exact) mass is 153 g/mol. The molecule has 1 aliphatic carbocycles. The second-order valence-electron chi connectivity index (χ2n) is 4.07. The van der Waals surface area contributed by atoms with Crippen LogP contribution in [-0.2, 0) is 0 Å². The van der Waals surface area contributed by atoms with Crippen LogP contribution in [-0.4, -0.2) is 12.6 Å². The first-order chi connectivity index (χ1) is 5.16. The van der Waals surface area contributed by atoms with Gasteiger partial charge in [0.15, 0.2) is 0 Å². The van der Waals surface area contributed by atoms with Crippen molar-refractivity contribution in [1.29, 1.82) is 0 Å². The first-order valence-corrected chi connectivity index (χ1v) is 4.52. The second kappa shape index (κ2) is 3.40. The Morgan fingerprint density at radius 2 is 2.27 bits per heavy atom. The van der Waals surface area contributed by atoms with Crippen LogP contribution in [0.3, 0.4) is 0 Å². The Labute approximate surface area is 69.9 Å². The third-order valence-corrected chi connectivity index (χ3v) is 2.77. The summed E-state index contributed by atoms with van der Waals surface area (Å²) in [6.07, 6.45) is 6.16. The maximum atomic E-state index is 3.74. The Kier molecular flexibility index (Phi) is 2.72. The van der Waals surface area contributed by atoms with Crippen LogP contribution in [0.1, 0.15) is 33.1 Å². The van der Waals surface area contributed by atoms with E-state index in [1.807, 2.05) is 6.08 Å². The van der Waals surface area contributed by atoms with E-state index in [-0.39, 0.29) is 0 Å². The Morgan fingerprint density at radius 3 is 2.64 bits per heavy atom. The second-order valence-corrected chi connectivity index (χ2v) is 4.07. The fourth-order valence-corrected chi connectivity index (χ4v) is 1.45. The summed E-state index contributed by atoms with van der Waals surface area (Å²) >= 11 is 0. The van der Waals surface area contributed by atoms with Gasteiger partial charge in [-0.05, 0) is 25.2 Å². The molecule has 1 rings (SSSR count). The molecule has 0 aromatic carbocycles. The maximum Gasteiger partial charge on any atom is 0.0219 e. The first-order valence-electron chi connectivity index (χ1n) is 4.52. The lowest BCUT2D eigenvalue weighted by molar-refractivity contribution is 0.154.